The van der Waals surface area contributed by atoms with Crippen LogP contribution >= 0.6 is 0 Å². The van der Waals surface area contributed by atoms with Crippen molar-refractivity contribution in [3.8, 4) is 5.88 Å². The van der Waals surface area contributed by atoms with Gasteiger partial charge >= 0.3 is 0 Å². The van der Waals surface area contributed by atoms with Crippen molar-refractivity contribution in [1.82, 2.24) is 14.9 Å². The van der Waals surface area contributed by atoms with E-state index in [4.69, 9.17) is 4.74 Å². The Morgan fingerprint density at radius 1 is 1.07 bits per heavy atom. The Balaban J connectivity index is 1.32. The molecule has 0 unspecified atom stereocenters. The number of pyridine rings is 1. The standard InChI is InChI=1S/C22H23N3O2/c26-22(20-7-4-12-25(20)15-17-5-2-1-3-6-17)24-14-19-10-11-21(23-13-19)27-16-18-8-9-18/h1-7,10-13,18H,8-9,14-16H2,(H,24,26). The van der Waals surface area contributed by atoms with Crippen molar-refractivity contribution < 1.29 is 9.53 Å². The molecule has 0 bridgehead atoms. The number of carbonyl (C=O) groups is 1. The van der Waals surface area contributed by atoms with Gasteiger partial charge in [0.2, 0.25) is 5.88 Å². The fraction of sp³-hybridized carbons (Fsp3) is 0.273. The molecule has 1 fully saturated rings. The maximum Gasteiger partial charge on any atom is 0.268 e. The Bertz CT molecular complexity index is 883. The van der Waals surface area contributed by atoms with Crippen LogP contribution in [-0.2, 0) is 13.1 Å². The Hall–Kier alpha value is -3.08. The molecule has 1 N–H and O–H groups in total. The summed E-state index contributed by atoms with van der Waals surface area (Å²) in [6.07, 6.45) is 6.20. The van der Waals surface area contributed by atoms with Crippen LogP contribution in [0, 0.1) is 5.92 Å². The van der Waals surface area contributed by atoms with Gasteiger partial charge in [0, 0.05) is 31.5 Å². The van der Waals surface area contributed by atoms with Crippen LogP contribution in [0.3, 0.4) is 0 Å². The summed E-state index contributed by atoms with van der Waals surface area (Å²) in [4.78, 5) is 16.9. The molecule has 0 spiro atoms. The van der Waals surface area contributed by atoms with E-state index in [-0.39, 0.29) is 5.91 Å². The summed E-state index contributed by atoms with van der Waals surface area (Å²) >= 11 is 0. The lowest BCUT2D eigenvalue weighted by Crippen LogP contribution is -2.25. The van der Waals surface area contributed by atoms with Crippen molar-refractivity contribution in [2.24, 2.45) is 5.92 Å². The lowest BCUT2D eigenvalue weighted by atomic mass is 10.2. The predicted molar refractivity (Wildman–Crippen MR) is 104 cm³/mol. The van der Waals surface area contributed by atoms with Gasteiger partial charge in [-0.3, -0.25) is 4.79 Å². The molecule has 2 aromatic heterocycles. The molecule has 5 heteroatoms. The second-order valence-electron chi connectivity index (χ2n) is 6.95. The van der Waals surface area contributed by atoms with Crippen LogP contribution in [0.15, 0.2) is 67.0 Å². The minimum Gasteiger partial charge on any atom is -0.477 e. The highest BCUT2D eigenvalue weighted by molar-refractivity contribution is 5.92. The van der Waals surface area contributed by atoms with Crippen molar-refractivity contribution in [1.29, 1.82) is 0 Å². The molecule has 5 nitrogen and oxygen atoms in total. The van der Waals surface area contributed by atoms with Crippen molar-refractivity contribution in [3.63, 3.8) is 0 Å². The van der Waals surface area contributed by atoms with Gasteiger partial charge < -0.3 is 14.6 Å². The summed E-state index contributed by atoms with van der Waals surface area (Å²) in [6, 6.07) is 17.6. The smallest absolute Gasteiger partial charge is 0.268 e. The van der Waals surface area contributed by atoms with E-state index in [0.29, 0.717) is 30.6 Å². The highest BCUT2D eigenvalue weighted by Gasteiger charge is 2.22. The van der Waals surface area contributed by atoms with Gasteiger partial charge in [-0.15, -0.1) is 0 Å². The molecule has 3 aromatic rings. The molecule has 0 aliphatic heterocycles. The first kappa shape index (κ1) is 17.3. The Kier molecular flexibility index (Phi) is 5.19. The lowest BCUT2D eigenvalue weighted by molar-refractivity contribution is 0.0942. The number of amides is 1. The van der Waals surface area contributed by atoms with Gasteiger partial charge in [0.25, 0.3) is 5.91 Å². The number of nitrogens with zero attached hydrogens (tertiary/aromatic N) is 2. The van der Waals surface area contributed by atoms with E-state index in [1.54, 1.807) is 6.20 Å². The Labute approximate surface area is 159 Å². The van der Waals surface area contributed by atoms with E-state index in [1.165, 1.54) is 12.8 Å². The fourth-order valence-electron chi connectivity index (χ4n) is 2.90. The first-order valence-electron chi connectivity index (χ1n) is 9.33. The topological polar surface area (TPSA) is 56.1 Å². The molecule has 1 saturated carbocycles. The number of hydrogen-bond donors (Lipinski definition) is 1. The third-order valence-corrected chi connectivity index (χ3v) is 4.67. The summed E-state index contributed by atoms with van der Waals surface area (Å²) in [5, 5.41) is 2.97. The van der Waals surface area contributed by atoms with Crippen LogP contribution in [0.2, 0.25) is 0 Å². The van der Waals surface area contributed by atoms with Crippen LogP contribution in [0.4, 0.5) is 0 Å². The number of benzene rings is 1. The average Bonchev–Trinajstić information content (AvgIpc) is 3.43. The van der Waals surface area contributed by atoms with Gasteiger partial charge in [0.05, 0.1) is 6.61 Å². The Morgan fingerprint density at radius 3 is 2.67 bits per heavy atom. The van der Waals surface area contributed by atoms with E-state index in [9.17, 15) is 4.79 Å². The van der Waals surface area contributed by atoms with Crippen LogP contribution in [0.25, 0.3) is 0 Å². The number of rotatable bonds is 8. The molecular weight excluding hydrogens is 338 g/mol. The minimum absolute atomic E-state index is 0.0926. The summed E-state index contributed by atoms with van der Waals surface area (Å²) in [5.41, 5.74) is 2.76. The number of nitrogens with one attached hydrogen (secondary N) is 1. The maximum absolute atomic E-state index is 12.6. The third kappa shape index (κ3) is 4.76. The highest BCUT2D eigenvalue weighted by atomic mass is 16.5. The van der Waals surface area contributed by atoms with E-state index in [2.05, 4.69) is 22.4 Å². The van der Waals surface area contributed by atoms with Crippen molar-refractivity contribution in [2.75, 3.05) is 6.61 Å². The summed E-state index contributed by atoms with van der Waals surface area (Å²) < 4.78 is 7.60. The third-order valence-electron chi connectivity index (χ3n) is 4.67. The van der Waals surface area contributed by atoms with E-state index < -0.39 is 0 Å². The van der Waals surface area contributed by atoms with Gasteiger partial charge in [-0.1, -0.05) is 36.4 Å². The molecule has 2 heterocycles. The van der Waals surface area contributed by atoms with Crippen molar-refractivity contribution in [3.05, 3.63) is 83.8 Å². The lowest BCUT2D eigenvalue weighted by Gasteiger charge is -2.10. The molecule has 0 saturated heterocycles. The number of carbonyl (C=O) groups excluding carboxylic acids is 1. The Morgan fingerprint density at radius 2 is 1.93 bits per heavy atom. The largest absolute Gasteiger partial charge is 0.477 e. The van der Waals surface area contributed by atoms with Crippen molar-refractivity contribution >= 4 is 5.91 Å². The number of aromatic nitrogens is 2. The van der Waals surface area contributed by atoms with Crippen LogP contribution in [-0.4, -0.2) is 22.1 Å². The zero-order chi connectivity index (χ0) is 18.5. The quantitative estimate of drug-likeness (QED) is 0.666. The minimum atomic E-state index is -0.0926. The molecule has 0 radical (unpaired) electrons. The highest BCUT2D eigenvalue weighted by Crippen LogP contribution is 2.29. The monoisotopic (exact) mass is 361 g/mol. The molecule has 1 aliphatic rings. The molecule has 1 aromatic carbocycles. The second-order valence-corrected chi connectivity index (χ2v) is 6.95. The number of hydrogen-bond acceptors (Lipinski definition) is 3. The zero-order valence-electron chi connectivity index (χ0n) is 15.2. The van der Waals surface area contributed by atoms with Crippen LogP contribution < -0.4 is 10.1 Å². The van der Waals surface area contributed by atoms with Gasteiger partial charge in [-0.2, -0.15) is 0 Å². The first-order chi connectivity index (χ1) is 13.3. The fourth-order valence-corrected chi connectivity index (χ4v) is 2.90. The van der Waals surface area contributed by atoms with Gasteiger partial charge in [0.1, 0.15) is 5.69 Å². The van der Waals surface area contributed by atoms with E-state index in [1.807, 2.05) is 53.2 Å². The van der Waals surface area contributed by atoms with Crippen LogP contribution in [0.5, 0.6) is 5.88 Å². The number of ether oxygens (including phenoxy) is 1. The summed E-state index contributed by atoms with van der Waals surface area (Å²) in [7, 11) is 0. The van der Waals surface area contributed by atoms with Gasteiger partial charge in [0.15, 0.2) is 0 Å². The van der Waals surface area contributed by atoms with E-state index in [0.717, 1.165) is 17.7 Å². The second kappa shape index (κ2) is 8.08. The SMILES string of the molecule is O=C(NCc1ccc(OCC2CC2)nc1)c1cccn1Cc1ccccc1. The summed E-state index contributed by atoms with van der Waals surface area (Å²) in [5.74, 6) is 1.26. The zero-order valence-corrected chi connectivity index (χ0v) is 15.2. The average molecular weight is 361 g/mol. The predicted octanol–water partition coefficient (Wildman–Crippen LogP) is 3.65. The molecule has 27 heavy (non-hydrogen) atoms. The molecular formula is C22H23N3O2. The molecule has 138 valence electrons. The maximum atomic E-state index is 12.6. The summed E-state index contributed by atoms with van der Waals surface area (Å²) in [6.45, 7) is 1.86. The molecule has 0 atom stereocenters. The first-order valence-corrected chi connectivity index (χ1v) is 9.33. The molecule has 1 amide bonds. The van der Waals surface area contributed by atoms with Crippen LogP contribution in [0.1, 0.15) is 34.5 Å². The van der Waals surface area contributed by atoms with E-state index >= 15 is 0 Å². The molecule has 1 aliphatic carbocycles. The normalized spacial score (nSPS) is 13.3. The van der Waals surface area contributed by atoms with Gasteiger partial charge in [-0.05, 0) is 42.0 Å². The van der Waals surface area contributed by atoms with Gasteiger partial charge in [-0.25, -0.2) is 4.98 Å². The van der Waals surface area contributed by atoms with Crippen molar-refractivity contribution in [2.45, 2.75) is 25.9 Å². The molecule has 4 rings (SSSR count).